The van der Waals surface area contributed by atoms with Crippen molar-refractivity contribution in [2.45, 2.75) is 25.3 Å². The maximum absolute atomic E-state index is 13.2. The van der Waals surface area contributed by atoms with Crippen molar-refractivity contribution in [2.24, 2.45) is 5.92 Å². The molecule has 2 nitrogen and oxygen atoms in total. The molecular weight excluding hydrogens is 224 g/mol. The number of hydrogen-bond acceptors (Lipinski definition) is 2. The summed E-state index contributed by atoms with van der Waals surface area (Å²) in [4.78, 5) is 0. The first-order valence-corrected chi connectivity index (χ1v) is 5.86. The molecule has 1 aliphatic rings. The average molecular weight is 241 g/mol. The lowest BCUT2D eigenvalue weighted by Gasteiger charge is -2.29. The molecule has 0 amide bonds. The largest absolute Gasteiger partial charge is 0.394 e. The van der Waals surface area contributed by atoms with Crippen molar-refractivity contribution in [3.63, 3.8) is 0 Å². The summed E-state index contributed by atoms with van der Waals surface area (Å²) in [5.41, 5.74) is -0.343. The van der Waals surface area contributed by atoms with Crippen LogP contribution in [-0.2, 0) is 5.54 Å². The van der Waals surface area contributed by atoms with Crippen LogP contribution in [0.25, 0.3) is 0 Å². The molecule has 1 aromatic rings. The topological polar surface area (TPSA) is 32.3 Å². The third-order valence-electron chi connectivity index (χ3n) is 3.29. The van der Waals surface area contributed by atoms with Gasteiger partial charge >= 0.3 is 0 Å². The van der Waals surface area contributed by atoms with E-state index >= 15 is 0 Å². The van der Waals surface area contributed by atoms with Crippen molar-refractivity contribution in [3.8, 4) is 0 Å². The van der Waals surface area contributed by atoms with Crippen molar-refractivity contribution in [1.82, 2.24) is 5.32 Å². The van der Waals surface area contributed by atoms with E-state index in [1.54, 1.807) is 6.92 Å². The van der Waals surface area contributed by atoms with E-state index in [1.165, 1.54) is 25.0 Å². The van der Waals surface area contributed by atoms with Crippen LogP contribution in [0.4, 0.5) is 8.78 Å². The van der Waals surface area contributed by atoms with Crippen molar-refractivity contribution in [1.29, 1.82) is 0 Å². The second kappa shape index (κ2) is 4.70. The van der Waals surface area contributed by atoms with Gasteiger partial charge in [-0.2, -0.15) is 0 Å². The fourth-order valence-corrected chi connectivity index (χ4v) is 1.81. The monoisotopic (exact) mass is 241 g/mol. The number of benzene rings is 1. The molecule has 94 valence electrons. The van der Waals surface area contributed by atoms with E-state index in [0.29, 0.717) is 11.5 Å². The van der Waals surface area contributed by atoms with E-state index in [9.17, 15) is 13.9 Å². The fourth-order valence-electron chi connectivity index (χ4n) is 1.81. The molecule has 0 bridgehead atoms. The van der Waals surface area contributed by atoms with Gasteiger partial charge in [0.05, 0.1) is 12.1 Å². The molecule has 1 fully saturated rings. The third kappa shape index (κ3) is 3.01. The number of rotatable bonds is 5. The summed E-state index contributed by atoms with van der Waals surface area (Å²) < 4.78 is 26.3. The molecule has 1 saturated carbocycles. The molecule has 1 aliphatic carbocycles. The molecule has 0 heterocycles. The van der Waals surface area contributed by atoms with E-state index in [-0.39, 0.29) is 6.61 Å². The number of aliphatic hydroxyl groups excluding tert-OH is 1. The summed E-state index contributed by atoms with van der Waals surface area (Å²) in [6, 6.07) is 3.36. The quantitative estimate of drug-likeness (QED) is 0.828. The molecule has 0 saturated heterocycles. The van der Waals surface area contributed by atoms with Crippen LogP contribution in [0.5, 0.6) is 0 Å². The van der Waals surface area contributed by atoms with Gasteiger partial charge in [-0.05, 0) is 49.9 Å². The predicted molar refractivity (Wildman–Crippen MR) is 61.5 cm³/mol. The lowest BCUT2D eigenvalue weighted by atomic mass is 9.92. The van der Waals surface area contributed by atoms with E-state index in [1.807, 2.05) is 0 Å². The van der Waals surface area contributed by atoms with Crippen molar-refractivity contribution in [3.05, 3.63) is 35.4 Å². The van der Waals surface area contributed by atoms with Crippen LogP contribution < -0.4 is 5.32 Å². The van der Waals surface area contributed by atoms with Crippen molar-refractivity contribution in [2.75, 3.05) is 13.2 Å². The van der Waals surface area contributed by atoms with Crippen molar-refractivity contribution >= 4 is 0 Å². The second-order valence-electron chi connectivity index (χ2n) is 4.97. The smallest absolute Gasteiger partial charge is 0.126 e. The van der Waals surface area contributed by atoms with Gasteiger partial charge in [-0.25, -0.2) is 8.78 Å². The van der Waals surface area contributed by atoms with Gasteiger partial charge in [0, 0.05) is 6.07 Å². The zero-order valence-corrected chi connectivity index (χ0v) is 9.84. The summed E-state index contributed by atoms with van der Waals surface area (Å²) >= 11 is 0. The van der Waals surface area contributed by atoms with Gasteiger partial charge in [-0.1, -0.05) is 0 Å². The standard InChI is InChI=1S/C13H17F2NO/c1-13(8-17,16-7-9-2-3-9)10-4-11(14)6-12(15)5-10/h4-6,9,16-17H,2-3,7-8H2,1H3. The highest BCUT2D eigenvalue weighted by Gasteiger charge is 2.30. The normalized spacial score (nSPS) is 19.1. The molecule has 0 aromatic heterocycles. The van der Waals surface area contributed by atoms with E-state index in [0.717, 1.165) is 12.6 Å². The molecular formula is C13H17F2NO. The number of hydrogen-bond donors (Lipinski definition) is 2. The summed E-state index contributed by atoms with van der Waals surface area (Å²) in [5.74, 6) is -0.597. The molecule has 1 unspecified atom stereocenters. The molecule has 1 atom stereocenters. The zero-order valence-electron chi connectivity index (χ0n) is 9.84. The minimum atomic E-state index is -0.786. The Balaban J connectivity index is 2.18. The summed E-state index contributed by atoms with van der Waals surface area (Å²) in [6.45, 7) is 2.33. The SMILES string of the molecule is CC(CO)(NCC1CC1)c1cc(F)cc(F)c1. The van der Waals surface area contributed by atoms with Gasteiger partial charge in [0.2, 0.25) is 0 Å². The predicted octanol–water partition coefficient (Wildman–Crippen LogP) is 2.17. The Morgan fingerprint density at radius 2 is 1.88 bits per heavy atom. The van der Waals surface area contributed by atoms with Gasteiger partial charge in [-0.3, -0.25) is 0 Å². The van der Waals surface area contributed by atoms with Gasteiger partial charge in [0.15, 0.2) is 0 Å². The van der Waals surface area contributed by atoms with Gasteiger partial charge in [0.1, 0.15) is 11.6 Å². The number of aliphatic hydroxyl groups is 1. The fraction of sp³-hybridized carbons (Fsp3) is 0.538. The van der Waals surface area contributed by atoms with Crippen LogP contribution >= 0.6 is 0 Å². The average Bonchev–Trinajstić information content (AvgIpc) is 3.08. The third-order valence-corrected chi connectivity index (χ3v) is 3.29. The first-order valence-electron chi connectivity index (χ1n) is 5.86. The summed E-state index contributed by atoms with van der Waals surface area (Å²) in [6.07, 6.45) is 2.37. The maximum Gasteiger partial charge on any atom is 0.126 e. The van der Waals surface area contributed by atoms with Gasteiger partial charge in [0.25, 0.3) is 0 Å². The Labute approximate surface area is 99.7 Å². The maximum atomic E-state index is 13.2. The van der Waals surface area contributed by atoms with Crippen LogP contribution in [0.3, 0.4) is 0 Å². The van der Waals surface area contributed by atoms with Crippen LogP contribution in [0.15, 0.2) is 18.2 Å². The van der Waals surface area contributed by atoms with E-state index in [2.05, 4.69) is 5.32 Å². The minimum Gasteiger partial charge on any atom is -0.394 e. The lowest BCUT2D eigenvalue weighted by molar-refractivity contribution is 0.173. The van der Waals surface area contributed by atoms with Crippen LogP contribution in [0.1, 0.15) is 25.3 Å². The summed E-state index contributed by atoms with van der Waals surface area (Å²) in [5, 5.41) is 12.6. The zero-order chi connectivity index (χ0) is 12.5. The second-order valence-corrected chi connectivity index (χ2v) is 4.97. The first-order chi connectivity index (χ1) is 8.03. The highest BCUT2D eigenvalue weighted by molar-refractivity contribution is 5.25. The van der Waals surface area contributed by atoms with Gasteiger partial charge < -0.3 is 10.4 Å². The number of nitrogens with one attached hydrogen (secondary N) is 1. The summed E-state index contributed by atoms with van der Waals surface area (Å²) in [7, 11) is 0. The van der Waals surface area contributed by atoms with Gasteiger partial charge in [-0.15, -0.1) is 0 Å². The molecule has 0 spiro atoms. The molecule has 0 radical (unpaired) electrons. The molecule has 4 heteroatoms. The van der Waals surface area contributed by atoms with E-state index < -0.39 is 17.2 Å². The highest BCUT2D eigenvalue weighted by Crippen LogP contribution is 2.30. The molecule has 2 N–H and O–H groups in total. The Bertz CT molecular complexity index is 386. The Morgan fingerprint density at radius 1 is 1.29 bits per heavy atom. The molecule has 0 aliphatic heterocycles. The van der Waals surface area contributed by atoms with Crippen molar-refractivity contribution < 1.29 is 13.9 Å². The Morgan fingerprint density at radius 3 is 2.35 bits per heavy atom. The van der Waals surface area contributed by atoms with Crippen LogP contribution in [-0.4, -0.2) is 18.3 Å². The minimum absolute atomic E-state index is 0.192. The van der Waals surface area contributed by atoms with E-state index in [4.69, 9.17) is 0 Å². The highest BCUT2D eigenvalue weighted by atomic mass is 19.1. The van der Waals surface area contributed by atoms with Crippen LogP contribution in [0, 0.1) is 17.6 Å². The Kier molecular flexibility index (Phi) is 3.45. The van der Waals surface area contributed by atoms with Crippen LogP contribution in [0.2, 0.25) is 0 Å². The Hall–Kier alpha value is -1.00. The first kappa shape index (κ1) is 12.5. The molecule has 1 aromatic carbocycles. The lowest BCUT2D eigenvalue weighted by Crippen LogP contribution is -2.44. The number of halogens is 2. The molecule has 17 heavy (non-hydrogen) atoms. The molecule has 2 rings (SSSR count).